The summed E-state index contributed by atoms with van der Waals surface area (Å²) < 4.78 is 5.47. The normalized spacial score (nSPS) is 20.3. The molecule has 0 N–H and O–H groups in total. The molecule has 3 aliphatic rings. The van der Waals surface area contributed by atoms with Crippen molar-refractivity contribution in [1.29, 1.82) is 0 Å². The highest BCUT2D eigenvalue weighted by molar-refractivity contribution is 5.98. The zero-order valence-electron chi connectivity index (χ0n) is 45.5. The summed E-state index contributed by atoms with van der Waals surface area (Å²) in [6, 6.07) is 1.94. The van der Waals surface area contributed by atoms with E-state index in [1.807, 2.05) is 44.2 Å². The van der Waals surface area contributed by atoms with Gasteiger partial charge in [-0.15, -0.1) is 0 Å². The number of likely N-dealkylation sites (N-methyl/N-ethyl adjacent to an activating group) is 5. The molecule has 18 nitrogen and oxygen atoms in total. The van der Waals surface area contributed by atoms with Gasteiger partial charge in [0.15, 0.2) is 5.78 Å². The van der Waals surface area contributed by atoms with E-state index in [4.69, 9.17) is 4.74 Å². The Labute approximate surface area is 422 Å². The van der Waals surface area contributed by atoms with Gasteiger partial charge in [-0.1, -0.05) is 71.9 Å². The van der Waals surface area contributed by atoms with Crippen molar-refractivity contribution < 1.29 is 47.9 Å². The van der Waals surface area contributed by atoms with Gasteiger partial charge in [0.1, 0.15) is 47.9 Å². The number of amides is 8. The monoisotopic (exact) mass is 993 g/mol. The second kappa shape index (κ2) is 24.2. The third-order valence-electron chi connectivity index (χ3n) is 14.6. The molecule has 3 aliphatic heterocycles. The minimum absolute atomic E-state index is 0.0892. The van der Waals surface area contributed by atoms with Gasteiger partial charge in [0.05, 0.1) is 6.04 Å². The minimum atomic E-state index is -1.08. The summed E-state index contributed by atoms with van der Waals surface area (Å²) in [5.41, 5.74) is 0.0197. The predicted molar refractivity (Wildman–Crippen MR) is 269 cm³/mol. The van der Waals surface area contributed by atoms with E-state index in [1.54, 1.807) is 72.2 Å². The zero-order valence-corrected chi connectivity index (χ0v) is 45.5. The fraction of sp³-hybridized carbons (Fsp3) is 0.717. The van der Waals surface area contributed by atoms with E-state index in [-0.39, 0.29) is 24.7 Å². The van der Waals surface area contributed by atoms with Gasteiger partial charge in [-0.2, -0.15) is 0 Å². The highest BCUT2D eigenvalue weighted by atomic mass is 16.6. The Bertz CT molecular complexity index is 2110. The van der Waals surface area contributed by atoms with Crippen LogP contribution in [0.3, 0.4) is 0 Å². The largest absolute Gasteiger partial charge is 0.444 e. The van der Waals surface area contributed by atoms with Gasteiger partial charge in [0.25, 0.3) is 0 Å². The molecule has 8 atom stereocenters. The lowest BCUT2D eigenvalue weighted by Crippen LogP contribution is -2.62. The number of hydrogen-bond acceptors (Lipinski definition) is 10. The van der Waals surface area contributed by atoms with Gasteiger partial charge in [-0.25, -0.2) is 4.79 Å². The smallest absolute Gasteiger partial charge is 0.410 e. The molecule has 0 spiro atoms. The molecule has 3 heterocycles. The van der Waals surface area contributed by atoms with Crippen molar-refractivity contribution in [1.82, 2.24) is 39.2 Å². The molecule has 18 heteroatoms. The van der Waals surface area contributed by atoms with Crippen LogP contribution in [0.4, 0.5) is 4.79 Å². The van der Waals surface area contributed by atoms with E-state index in [0.29, 0.717) is 51.6 Å². The quantitative estimate of drug-likeness (QED) is 0.205. The Morgan fingerprint density at radius 3 is 1.45 bits per heavy atom. The standard InChI is InChI=1S/C53H84N8O10/c1-32(2)42(49(67)55(13)41(31-37-23-18-17-19-24-37)48(66)61-30-22-27-40(61)47(65)59-28-20-25-38(59)36(8)62)57(15)51(69)44(34(5)6)58(16)50(68)43(33(3)4)56(14)46(64)39-26-21-29-60(39)45(63)35(7)54(12)52(70)71-53(9,10)11/h17-19,23-24,32-35,38-44H,20-22,25-31H2,1-16H3/t35-,38-,39-,40-,41-,42-,43-,44-/m0/s1. The molecule has 4 rings (SSSR count). The molecule has 8 amide bonds. The first-order valence-corrected chi connectivity index (χ1v) is 25.5. The number of Topliss-reactive ketones (excluding diaryl/α,β-unsaturated/α-hetero) is 1. The Balaban J connectivity index is 1.59. The minimum Gasteiger partial charge on any atom is -0.444 e. The maximum Gasteiger partial charge on any atom is 0.410 e. The van der Waals surface area contributed by atoms with Crippen molar-refractivity contribution in [2.24, 2.45) is 17.8 Å². The summed E-state index contributed by atoms with van der Waals surface area (Å²) in [5, 5.41) is 0. The number of likely N-dealkylation sites (tertiary alicyclic amines) is 3. The van der Waals surface area contributed by atoms with E-state index in [2.05, 4.69) is 0 Å². The van der Waals surface area contributed by atoms with Crippen molar-refractivity contribution in [3.8, 4) is 0 Å². The van der Waals surface area contributed by atoms with Crippen LogP contribution in [0.25, 0.3) is 0 Å². The molecule has 0 aromatic heterocycles. The fourth-order valence-corrected chi connectivity index (χ4v) is 10.7. The van der Waals surface area contributed by atoms with Crippen molar-refractivity contribution in [3.63, 3.8) is 0 Å². The maximum absolute atomic E-state index is 15.0. The predicted octanol–water partition coefficient (Wildman–Crippen LogP) is 4.32. The lowest BCUT2D eigenvalue weighted by Gasteiger charge is -2.42. The van der Waals surface area contributed by atoms with Gasteiger partial charge < -0.3 is 39.0 Å². The van der Waals surface area contributed by atoms with Gasteiger partial charge in [-0.05, 0) is 96.5 Å². The first-order chi connectivity index (χ1) is 33.0. The Morgan fingerprint density at radius 2 is 0.986 bits per heavy atom. The summed E-state index contributed by atoms with van der Waals surface area (Å²) >= 11 is 0. The van der Waals surface area contributed by atoms with Crippen LogP contribution in [0.1, 0.15) is 120 Å². The molecule has 1 aromatic carbocycles. The highest BCUT2D eigenvalue weighted by Gasteiger charge is 2.48. The summed E-state index contributed by atoms with van der Waals surface area (Å²) in [5.74, 6) is -4.43. The van der Waals surface area contributed by atoms with Crippen LogP contribution in [0.2, 0.25) is 0 Å². The number of nitrogens with zero attached hydrogens (tertiary/aromatic N) is 8. The maximum atomic E-state index is 15.0. The average molecular weight is 993 g/mol. The zero-order chi connectivity index (χ0) is 53.6. The Morgan fingerprint density at radius 1 is 0.563 bits per heavy atom. The first kappa shape index (κ1) is 58.0. The molecule has 3 fully saturated rings. The molecule has 3 saturated heterocycles. The summed E-state index contributed by atoms with van der Waals surface area (Å²) in [6.07, 6.45) is 2.67. The van der Waals surface area contributed by atoms with E-state index in [9.17, 15) is 38.4 Å². The number of rotatable bonds is 18. The van der Waals surface area contributed by atoms with Crippen LogP contribution in [0, 0.1) is 17.8 Å². The van der Waals surface area contributed by atoms with Gasteiger partial charge in [-0.3, -0.25) is 43.3 Å². The number of carbonyl (C=O) groups excluding carboxylic acids is 9. The molecule has 0 saturated carbocycles. The second-order valence-corrected chi connectivity index (χ2v) is 22.0. The Hall–Kier alpha value is -5.55. The highest BCUT2D eigenvalue weighted by Crippen LogP contribution is 2.30. The van der Waals surface area contributed by atoms with Crippen molar-refractivity contribution in [2.75, 3.05) is 54.9 Å². The number of ether oxygens (including phenoxy) is 1. The van der Waals surface area contributed by atoms with Crippen molar-refractivity contribution in [2.45, 2.75) is 175 Å². The average Bonchev–Trinajstić information content (AvgIpc) is 4.11. The van der Waals surface area contributed by atoms with Gasteiger partial charge in [0, 0.05) is 61.3 Å². The molecule has 0 aliphatic carbocycles. The van der Waals surface area contributed by atoms with Crippen LogP contribution in [0.15, 0.2) is 30.3 Å². The summed E-state index contributed by atoms with van der Waals surface area (Å²) in [6.45, 7) is 20.1. The Kier molecular flexibility index (Phi) is 19.8. The lowest BCUT2D eigenvalue weighted by molar-refractivity contribution is -0.158. The molecule has 1 aromatic rings. The molecular formula is C53H84N8O10. The lowest BCUT2D eigenvalue weighted by atomic mass is 9.94. The van der Waals surface area contributed by atoms with Crippen LogP contribution < -0.4 is 0 Å². The molecule has 0 unspecified atom stereocenters. The summed E-state index contributed by atoms with van der Waals surface area (Å²) in [7, 11) is 7.60. The molecule has 71 heavy (non-hydrogen) atoms. The van der Waals surface area contributed by atoms with E-state index >= 15 is 4.79 Å². The second-order valence-electron chi connectivity index (χ2n) is 22.0. The van der Waals surface area contributed by atoms with Crippen LogP contribution in [-0.4, -0.2) is 201 Å². The van der Waals surface area contributed by atoms with Gasteiger partial charge in [0.2, 0.25) is 41.4 Å². The third kappa shape index (κ3) is 13.3. The first-order valence-electron chi connectivity index (χ1n) is 25.5. The molecule has 0 bridgehead atoms. The van der Waals surface area contributed by atoms with E-state index in [1.165, 1.54) is 64.5 Å². The number of benzene rings is 1. The van der Waals surface area contributed by atoms with E-state index < -0.39 is 113 Å². The third-order valence-corrected chi connectivity index (χ3v) is 14.6. The SMILES string of the molecule is CC(=O)[C@@H]1CCCN1C(=O)[C@@H]1CCCN1C(=O)[C@H](Cc1ccccc1)N(C)C(=O)[C@H](C(C)C)N(C)C(=O)[C@H](C(C)C)N(C)C(=O)[C@H](C(C)C)N(C)C(=O)[C@@H]1CCCN1C(=O)[C@H](C)N(C)C(=O)OC(C)(C)C. The van der Waals surface area contributed by atoms with Crippen molar-refractivity contribution in [3.05, 3.63) is 35.9 Å². The molecule has 0 radical (unpaired) electrons. The number of carbonyl (C=O) groups is 9. The molecule has 396 valence electrons. The van der Waals surface area contributed by atoms with Crippen LogP contribution >= 0.6 is 0 Å². The number of ketones is 1. The molecular weight excluding hydrogens is 909 g/mol. The topological polar surface area (TPSA) is 189 Å². The van der Waals surface area contributed by atoms with E-state index in [0.717, 1.165) is 5.56 Å². The fourth-order valence-electron chi connectivity index (χ4n) is 10.7. The summed E-state index contributed by atoms with van der Waals surface area (Å²) in [4.78, 5) is 139. The van der Waals surface area contributed by atoms with Crippen LogP contribution in [0.5, 0.6) is 0 Å². The van der Waals surface area contributed by atoms with Crippen LogP contribution in [-0.2, 0) is 49.5 Å². The number of hydrogen-bond donors (Lipinski definition) is 0. The van der Waals surface area contributed by atoms with Crippen molar-refractivity contribution >= 4 is 53.2 Å². The van der Waals surface area contributed by atoms with Gasteiger partial charge >= 0.3 is 6.09 Å².